The molecule has 0 aromatic heterocycles. The third kappa shape index (κ3) is 3.93. The Morgan fingerprint density at radius 3 is 2.78 bits per heavy atom. The fourth-order valence-electron chi connectivity index (χ4n) is 2.26. The quantitative estimate of drug-likeness (QED) is 0.742. The van der Waals surface area contributed by atoms with Gasteiger partial charge in [0, 0.05) is 12.6 Å². The summed E-state index contributed by atoms with van der Waals surface area (Å²) in [5.41, 5.74) is -0.818. The Kier molecular flexibility index (Phi) is 5.56. The van der Waals surface area contributed by atoms with E-state index >= 15 is 0 Å². The van der Waals surface area contributed by atoms with E-state index in [4.69, 9.17) is 9.84 Å². The van der Waals surface area contributed by atoms with Crippen molar-refractivity contribution in [1.82, 2.24) is 10.2 Å². The Morgan fingerprint density at radius 2 is 2.22 bits per heavy atom. The standard InChI is InChI=1S/C13H26N2O3/c1-10-9-18-11(2)8-15(10)7-5-6-13(3,14-4)12(16)17/h10-11,14H,5-9H2,1-4H3,(H,16,17). The molecule has 1 fully saturated rings. The van der Waals surface area contributed by atoms with E-state index in [-0.39, 0.29) is 6.10 Å². The molecule has 0 aromatic carbocycles. The van der Waals surface area contributed by atoms with Crippen molar-refractivity contribution in [1.29, 1.82) is 0 Å². The van der Waals surface area contributed by atoms with Crippen molar-refractivity contribution in [3.05, 3.63) is 0 Å². The van der Waals surface area contributed by atoms with E-state index in [2.05, 4.69) is 24.1 Å². The summed E-state index contributed by atoms with van der Waals surface area (Å²) in [6.07, 6.45) is 1.79. The van der Waals surface area contributed by atoms with Gasteiger partial charge in [0.05, 0.1) is 12.7 Å². The second-order valence-electron chi connectivity index (χ2n) is 5.48. The smallest absolute Gasteiger partial charge is 0.323 e. The van der Waals surface area contributed by atoms with E-state index in [0.717, 1.165) is 26.1 Å². The number of nitrogens with one attached hydrogen (secondary N) is 1. The van der Waals surface area contributed by atoms with E-state index in [1.165, 1.54) is 0 Å². The lowest BCUT2D eigenvalue weighted by Crippen LogP contribution is -2.50. The van der Waals surface area contributed by atoms with Crippen molar-refractivity contribution in [2.45, 2.75) is 51.3 Å². The van der Waals surface area contributed by atoms with Crippen LogP contribution in [-0.2, 0) is 9.53 Å². The Labute approximate surface area is 109 Å². The van der Waals surface area contributed by atoms with Crippen molar-refractivity contribution < 1.29 is 14.6 Å². The number of hydrogen-bond donors (Lipinski definition) is 2. The number of aliphatic carboxylic acids is 1. The van der Waals surface area contributed by atoms with Crippen LogP contribution in [0.1, 0.15) is 33.6 Å². The first kappa shape index (κ1) is 15.4. The zero-order valence-electron chi connectivity index (χ0n) is 11.9. The van der Waals surface area contributed by atoms with Crippen molar-refractivity contribution in [2.75, 3.05) is 26.7 Å². The van der Waals surface area contributed by atoms with Crippen LogP contribution in [0.5, 0.6) is 0 Å². The molecule has 5 nitrogen and oxygen atoms in total. The summed E-state index contributed by atoms with van der Waals surface area (Å²) < 4.78 is 5.58. The van der Waals surface area contributed by atoms with Crippen LogP contribution in [0.25, 0.3) is 0 Å². The maximum atomic E-state index is 11.2. The summed E-state index contributed by atoms with van der Waals surface area (Å²) in [7, 11) is 1.70. The first-order valence-electron chi connectivity index (χ1n) is 6.67. The molecule has 1 heterocycles. The number of carbonyl (C=O) groups is 1. The highest BCUT2D eigenvalue weighted by molar-refractivity contribution is 5.78. The summed E-state index contributed by atoms with van der Waals surface area (Å²) in [5.74, 6) is -0.784. The molecule has 5 heteroatoms. The van der Waals surface area contributed by atoms with Crippen LogP contribution in [0.2, 0.25) is 0 Å². The van der Waals surface area contributed by atoms with Crippen LogP contribution < -0.4 is 5.32 Å². The highest BCUT2D eigenvalue weighted by Crippen LogP contribution is 2.16. The van der Waals surface area contributed by atoms with E-state index < -0.39 is 11.5 Å². The van der Waals surface area contributed by atoms with Gasteiger partial charge >= 0.3 is 5.97 Å². The summed E-state index contributed by atoms with van der Waals surface area (Å²) in [6, 6.07) is 0.423. The zero-order valence-corrected chi connectivity index (χ0v) is 11.9. The minimum Gasteiger partial charge on any atom is -0.480 e. The lowest BCUT2D eigenvalue weighted by atomic mass is 9.96. The molecule has 0 saturated carbocycles. The number of likely N-dealkylation sites (N-methyl/N-ethyl adjacent to an activating group) is 1. The van der Waals surface area contributed by atoms with Gasteiger partial charge in [-0.1, -0.05) is 0 Å². The first-order chi connectivity index (χ1) is 8.39. The highest BCUT2D eigenvalue weighted by atomic mass is 16.5. The zero-order chi connectivity index (χ0) is 13.8. The normalized spacial score (nSPS) is 28.9. The van der Waals surface area contributed by atoms with Gasteiger partial charge in [-0.25, -0.2) is 0 Å². The van der Waals surface area contributed by atoms with Crippen molar-refractivity contribution in [3.8, 4) is 0 Å². The third-order valence-corrected chi connectivity index (χ3v) is 3.88. The lowest BCUT2D eigenvalue weighted by molar-refractivity contribution is -0.144. The van der Waals surface area contributed by atoms with Crippen LogP contribution in [0.3, 0.4) is 0 Å². The fraction of sp³-hybridized carbons (Fsp3) is 0.923. The van der Waals surface area contributed by atoms with E-state index in [1.807, 2.05) is 0 Å². The molecule has 0 amide bonds. The first-order valence-corrected chi connectivity index (χ1v) is 6.67. The Hall–Kier alpha value is -0.650. The molecule has 1 rings (SSSR count). The lowest BCUT2D eigenvalue weighted by Gasteiger charge is -2.37. The van der Waals surface area contributed by atoms with E-state index in [9.17, 15) is 4.79 Å². The molecule has 1 aliphatic heterocycles. The van der Waals surface area contributed by atoms with E-state index in [1.54, 1.807) is 14.0 Å². The van der Waals surface area contributed by atoms with Gasteiger partial charge < -0.3 is 15.2 Å². The monoisotopic (exact) mass is 258 g/mol. The number of nitrogens with zero attached hydrogens (tertiary/aromatic N) is 1. The summed E-state index contributed by atoms with van der Waals surface area (Å²) in [6.45, 7) is 8.60. The maximum absolute atomic E-state index is 11.2. The predicted molar refractivity (Wildman–Crippen MR) is 70.8 cm³/mol. The fourth-order valence-corrected chi connectivity index (χ4v) is 2.26. The third-order valence-electron chi connectivity index (χ3n) is 3.88. The molecular weight excluding hydrogens is 232 g/mol. The number of rotatable bonds is 6. The molecule has 106 valence electrons. The van der Waals surface area contributed by atoms with Gasteiger partial charge in [-0.05, 0) is 47.2 Å². The summed E-state index contributed by atoms with van der Waals surface area (Å²) in [5, 5.41) is 12.1. The second-order valence-corrected chi connectivity index (χ2v) is 5.48. The number of carboxylic acid groups (broad SMARTS) is 1. The average Bonchev–Trinajstić information content (AvgIpc) is 2.33. The molecule has 2 N–H and O–H groups in total. The number of hydrogen-bond acceptors (Lipinski definition) is 4. The number of morpholine rings is 1. The number of ether oxygens (including phenoxy) is 1. The molecule has 3 atom stereocenters. The molecule has 0 bridgehead atoms. The Balaban J connectivity index is 2.38. The second kappa shape index (κ2) is 6.50. The predicted octanol–water partition coefficient (Wildman–Crippen LogP) is 0.939. The molecule has 0 spiro atoms. The molecule has 1 saturated heterocycles. The van der Waals surface area contributed by atoms with Crippen LogP contribution >= 0.6 is 0 Å². The molecule has 0 aromatic rings. The van der Waals surface area contributed by atoms with E-state index in [0.29, 0.717) is 12.5 Å². The SMILES string of the molecule is CNC(C)(CCCN1CC(C)OCC1C)C(=O)O. The van der Waals surface area contributed by atoms with Crippen LogP contribution in [0, 0.1) is 0 Å². The van der Waals surface area contributed by atoms with Crippen molar-refractivity contribution in [3.63, 3.8) is 0 Å². The molecule has 0 aliphatic carbocycles. The minimum absolute atomic E-state index is 0.274. The van der Waals surface area contributed by atoms with Crippen LogP contribution in [0.4, 0.5) is 0 Å². The maximum Gasteiger partial charge on any atom is 0.323 e. The van der Waals surface area contributed by atoms with Gasteiger partial charge in [-0.3, -0.25) is 9.69 Å². The minimum atomic E-state index is -0.818. The Bertz CT molecular complexity index is 285. The largest absolute Gasteiger partial charge is 0.480 e. The van der Waals surface area contributed by atoms with Crippen LogP contribution in [-0.4, -0.2) is 60.4 Å². The molecule has 3 unspecified atom stereocenters. The van der Waals surface area contributed by atoms with Gasteiger partial charge in [-0.15, -0.1) is 0 Å². The number of carboxylic acids is 1. The topological polar surface area (TPSA) is 61.8 Å². The van der Waals surface area contributed by atoms with Crippen molar-refractivity contribution >= 4 is 5.97 Å². The van der Waals surface area contributed by atoms with Gasteiger partial charge in [0.15, 0.2) is 0 Å². The molecule has 1 aliphatic rings. The van der Waals surface area contributed by atoms with Gasteiger partial charge in [0.25, 0.3) is 0 Å². The molecule has 18 heavy (non-hydrogen) atoms. The molecule has 0 radical (unpaired) electrons. The summed E-state index contributed by atoms with van der Waals surface area (Å²) >= 11 is 0. The van der Waals surface area contributed by atoms with Crippen molar-refractivity contribution in [2.24, 2.45) is 0 Å². The summed E-state index contributed by atoms with van der Waals surface area (Å²) in [4.78, 5) is 13.5. The Morgan fingerprint density at radius 1 is 1.56 bits per heavy atom. The average molecular weight is 258 g/mol. The van der Waals surface area contributed by atoms with Crippen LogP contribution in [0.15, 0.2) is 0 Å². The van der Waals surface area contributed by atoms with Gasteiger partial charge in [0.1, 0.15) is 5.54 Å². The highest BCUT2D eigenvalue weighted by Gasteiger charge is 2.31. The van der Waals surface area contributed by atoms with Gasteiger partial charge in [-0.2, -0.15) is 0 Å². The molecular formula is C13H26N2O3. The van der Waals surface area contributed by atoms with Gasteiger partial charge in [0.2, 0.25) is 0 Å².